The Balaban J connectivity index is 2.52. The van der Waals surface area contributed by atoms with Crippen LogP contribution in [0.1, 0.15) is 13.3 Å². The first-order chi connectivity index (χ1) is 8.81. The SMILES string of the molecule is CCCn1ccnc1-c1ncnc(NC)c1OC. The van der Waals surface area contributed by atoms with Crippen LogP contribution in [0, 0.1) is 0 Å². The Hall–Kier alpha value is -2.11. The van der Waals surface area contributed by atoms with Gasteiger partial charge in [0.15, 0.2) is 23.1 Å². The lowest BCUT2D eigenvalue weighted by molar-refractivity contribution is 0.414. The maximum absolute atomic E-state index is 5.38. The van der Waals surface area contributed by atoms with E-state index in [4.69, 9.17) is 4.74 Å². The number of imidazole rings is 1. The monoisotopic (exact) mass is 247 g/mol. The standard InChI is InChI=1S/C12H17N5O/c1-4-6-17-7-5-14-12(17)9-10(18-3)11(13-2)16-8-15-9/h5,7-8H,4,6H2,1-3H3,(H,13,15,16). The van der Waals surface area contributed by atoms with Crippen LogP contribution in [0.4, 0.5) is 5.82 Å². The molecule has 0 saturated carbocycles. The molecule has 0 saturated heterocycles. The highest BCUT2D eigenvalue weighted by Gasteiger charge is 2.16. The molecule has 2 aromatic rings. The third-order valence-electron chi connectivity index (χ3n) is 2.64. The summed E-state index contributed by atoms with van der Waals surface area (Å²) >= 11 is 0. The summed E-state index contributed by atoms with van der Waals surface area (Å²) in [6.45, 7) is 3.03. The van der Waals surface area contributed by atoms with Crippen molar-refractivity contribution in [2.24, 2.45) is 0 Å². The lowest BCUT2D eigenvalue weighted by Crippen LogP contribution is -2.05. The molecule has 18 heavy (non-hydrogen) atoms. The molecule has 0 aromatic carbocycles. The van der Waals surface area contributed by atoms with E-state index in [-0.39, 0.29) is 0 Å². The quantitative estimate of drug-likeness (QED) is 0.872. The molecule has 0 bridgehead atoms. The van der Waals surface area contributed by atoms with Crippen molar-refractivity contribution < 1.29 is 4.74 Å². The van der Waals surface area contributed by atoms with E-state index < -0.39 is 0 Å². The summed E-state index contributed by atoms with van der Waals surface area (Å²) in [4.78, 5) is 12.8. The Morgan fingerprint density at radius 2 is 2.17 bits per heavy atom. The number of ether oxygens (including phenoxy) is 1. The molecule has 2 rings (SSSR count). The van der Waals surface area contributed by atoms with Gasteiger partial charge in [0, 0.05) is 26.0 Å². The Morgan fingerprint density at radius 1 is 1.33 bits per heavy atom. The topological polar surface area (TPSA) is 64.9 Å². The summed E-state index contributed by atoms with van der Waals surface area (Å²) in [5, 5.41) is 2.99. The van der Waals surface area contributed by atoms with Gasteiger partial charge in [-0.15, -0.1) is 0 Å². The lowest BCUT2D eigenvalue weighted by atomic mass is 10.3. The number of nitrogens with one attached hydrogen (secondary N) is 1. The highest BCUT2D eigenvalue weighted by atomic mass is 16.5. The molecule has 2 aromatic heterocycles. The van der Waals surface area contributed by atoms with Crippen LogP contribution in [-0.4, -0.2) is 33.7 Å². The second-order valence-electron chi connectivity index (χ2n) is 3.80. The van der Waals surface area contributed by atoms with Gasteiger partial charge in [-0.25, -0.2) is 15.0 Å². The van der Waals surface area contributed by atoms with Crippen molar-refractivity contribution in [3.05, 3.63) is 18.7 Å². The van der Waals surface area contributed by atoms with Gasteiger partial charge < -0.3 is 14.6 Å². The number of hydrogen-bond acceptors (Lipinski definition) is 5. The van der Waals surface area contributed by atoms with Crippen LogP contribution in [0.25, 0.3) is 11.5 Å². The van der Waals surface area contributed by atoms with Crippen LogP contribution in [0.5, 0.6) is 5.75 Å². The minimum atomic E-state index is 0.614. The Morgan fingerprint density at radius 3 is 2.83 bits per heavy atom. The number of rotatable bonds is 5. The molecule has 0 amide bonds. The van der Waals surface area contributed by atoms with Gasteiger partial charge in [0.25, 0.3) is 0 Å². The van der Waals surface area contributed by atoms with E-state index in [0.29, 0.717) is 17.3 Å². The zero-order valence-corrected chi connectivity index (χ0v) is 10.8. The molecule has 2 heterocycles. The average Bonchev–Trinajstić information content (AvgIpc) is 2.86. The zero-order valence-electron chi connectivity index (χ0n) is 10.8. The highest BCUT2D eigenvalue weighted by molar-refractivity contribution is 5.68. The number of aromatic nitrogens is 4. The van der Waals surface area contributed by atoms with Crippen LogP contribution in [0.15, 0.2) is 18.7 Å². The first-order valence-electron chi connectivity index (χ1n) is 5.90. The third-order valence-corrected chi connectivity index (χ3v) is 2.64. The summed E-state index contributed by atoms with van der Waals surface area (Å²) in [5.41, 5.74) is 0.704. The van der Waals surface area contributed by atoms with Gasteiger partial charge in [-0.05, 0) is 6.42 Å². The van der Waals surface area contributed by atoms with Crippen LogP contribution in [0.3, 0.4) is 0 Å². The minimum absolute atomic E-state index is 0.614. The molecule has 96 valence electrons. The maximum atomic E-state index is 5.38. The number of hydrogen-bond donors (Lipinski definition) is 1. The lowest BCUT2D eigenvalue weighted by Gasteiger charge is -2.12. The third kappa shape index (κ3) is 2.13. The maximum Gasteiger partial charge on any atom is 0.190 e. The van der Waals surface area contributed by atoms with Crippen molar-refractivity contribution >= 4 is 5.82 Å². The van der Waals surface area contributed by atoms with Crippen molar-refractivity contribution in [1.29, 1.82) is 0 Å². The first kappa shape index (κ1) is 12.3. The van der Waals surface area contributed by atoms with Gasteiger partial charge in [-0.3, -0.25) is 0 Å². The summed E-state index contributed by atoms with van der Waals surface area (Å²) in [6.07, 6.45) is 6.26. The van der Waals surface area contributed by atoms with Crippen LogP contribution < -0.4 is 10.1 Å². The number of nitrogens with zero attached hydrogens (tertiary/aromatic N) is 4. The van der Waals surface area contributed by atoms with Gasteiger partial charge in [0.2, 0.25) is 0 Å². The van der Waals surface area contributed by atoms with Gasteiger partial charge >= 0.3 is 0 Å². The molecular weight excluding hydrogens is 230 g/mol. The fourth-order valence-electron chi connectivity index (χ4n) is 1.85. The molecule has 0 radical (unpaired) electrons. The Labute approximate surface area is 106 Å². The molecule has 0 atom stereocenters. The number of methoxy groups -OCH3 is 1. The minimum Gasteiger partial charge on any atom is -0.491 e. The van der Waals surface area contributed by atoms with Gasteiger partial charge in [-0.2, -0.15) is 0 Å². The van der Waals surface area contributed by atoms with Gasteiger partial charge in [0.1, 0.15) is 6.33 Å². The summed E-state index contributed by atoms with van der Waals surface area (Å²) in [5.74, 6) is 2.07. The van der Waals surface area contributed by atoms with E-state index in [2.05, 4.69) is 31.8 Å². The Kier molecular flexibility index (Phi) is 3.76. The Bertz CT molecular complexity index is 523. The molecule has 0 fully saturated rings. The second-order valence-corrected chi connectivity index (χ2v) is 3.80. The molecule has 6 nitrogen and oxygen atoms in total. The molecule has 0 aliphatic rings. The fraction of sp³-hybridized carbons (Fsp3) is 0.417. The number of aryl methyl sites for hydroxylation is 1. The predicted molar refractivity (Wildman–Crippen MR) is 69.6 cm³/mol. The fourth-order valence-corrected chi connectivity index (χ4v) is 1.85. The predicted octanol–water partition coefficient (Wildman–Crippen LogP) is 1.80. The molecule has 0 aliphatic heterocycles. The van der Waals surface area contributed by atoms with Crippen LogP contribution in [-0.2, 0) is 6.54 Å². The summed E-state index contributed by atoms with van der Waals surface area (Å²) < 4.78 is 7.44. The highest BCUT2D eigenvalue weighted by Crippen LogP contribution is 2.31. The molecule has 6 heteroatoms. The number of anilines is 1. The van der Waals surface area contributed by atoms with Crippen molar-refractivity contribution in [3.8, 4) is 17.3 Å². The van der Waals surface area contributed by atoms with E-state index in [1.54, 1.807) is 20.4 Å². The van der Waals surface area contributed by atoms with Crippen molar-refractivity contribution in [2.75, 3.05) is 19.5 Å². The van der Waals surface area contributed by atoms with Crippen molar-refractivity contribution in [2.45, 2.75) is 19.9 Å². The molecule has 0 aliphatic carbocycles. The van der Waals surface area contributed by atoms with Crippen LogP contribution >= 0.6 is 0 Å². The first-order valence-corrected chi connectivity index (χ1v) is 5.90. The zero-order chi connectivity index (χ0) is 13.0. The van der Waals surface area contributed by atoms with Crippen molar-refractivity contribution in [3.63, 3.8) is 0 Å². The molecular formula is C12H17N5O. The molecule has 0 unspecified atom stereocenters. The van der Waals surface area contributed by atoms with E-state index in [9.17, 15) is 0 Å². The molecule has 1 N–H and O–H groups in total. The average molecular weight is 247 g/mol. The summed E-state index contributed by atoms with van der Waals surface area (Å²) in [7, 11) is 3.41. The van der Waals surface area contributed by atoms with Crippen LogP contribution in [0.2, 0.25) is 0 Å². The van der Waals surface area contributed by atoms with E-state index in [1.807, 2.05) is 6.20 Å². The normalized spacial score (nSPS) is 10.4. The van der Waals surface area contributed by atoms with Gasteiger partial charge in [0.05, 0.1) is 7.11 Å². The van der Waals surface area contributed by atoms with E-state index >= 15 is 0 Å². The van der Waals surface area contributed by atoms with E-state index in [0.717, 1.165) is 18.8 Å². The smallest absolute Gasteiger partial charge is 0.190 e. The molecule has 0 spiro atoms. The van der Waals surface area contributed by atoms with E-state index in [1.165, 1.54) is 6.33 Å². The summed E-state index contributed by atoms with van der Waals surface area (Å²) in [6, 6.07) is 0. The second kappa shape index (κ2) is 5.48. The van der Waals surface area contributed by atoms with Crippen molar-refractivity contribution in [1.82, 2.24) is 19.5 Å². The largest absolute Gasteiger partial charge is 0.491 e. The van der Waals surface area contributed by atoms with Gasteiger partial charge in [-0.1, -0.05) is 6.92 Å².